The molecule has 0 amide bonds. The van der Waals surface area contributed by atoms with Crippen molar-refractivity contribution in [3.05, 3.63) is 59.7 Å². The molecule has 0 aliphatic carbocycles. The highest BCUT2D eigenvalue weighted by atomic mass is 16.5. The lowest BCUT2D eigenvalue weighted by molar-refractivity contribution is -0.122. The molecule has 4 nitrogen and oxygen atoms in total. The third-order valence-electron chi connectivity index (χ3n) is 3.50. The summed E-state index contributed by atoms with van der Waals surface area (Å²) >= 11 is 0. The number of carbonyl (C=O) groups excluding carboxylic acids is 2. The van der Waals surface area contributed by atoms with Crippen LogP contribution in [0.4, 0.5) is 0 Å². The normalized spacial score (nSPS) is 15.5. The van der Waals surface area contributed by atoms with Gasteiger partial charge in [0.15, 0.2) is 11.6 Å². The predicted molar refractivity (Wildman–Crippen MR) is 81.3 cm³/mol. The molecular formula is C18H16O4. The summed E-state index contributed by atoms with van der Waals surface area (Å²) < 4.78 is 10.4. The Kier molecular flexibility index (Phi) is 4.19. The Labute approximate surface area is 128 Å². The van der Waals surface area contributed by atoms with Crippen LogP contribution in [0.3, 0.4) is 0 Å². The van der Waals surface area contributed by atoms with E-state index in [0.29, 0.717) is 12.8 Å². The van der Waals surface area contributed by atoms with E-state index in [1.165, 1.54) is 0 Å². The molecule has 0 fully saturated rings. The standard InChI is InChI=1S/2C9H8O2/c2*10-8-5-7-3-1-2-4-9(7)11-6-8/h2*1-4H,5-6H2. The summed E-state index contributed by atoms with van der Waals surface area (Å²) in [5.74, 6) is 2.02. The lowest BCUT2D eigenvalue weighted by Gasteiger charge is -2.14. The predicted octanol–water partition coefficient (Wildman–Crippen LogP) is 2.38. The fraction of sp³-hybridized carbons (Fsp3) is 0.222. The zero-order valence-electron chi connectivity index (χ0n) is 12.1. The van der Waals surface area contributed by atoms with E-state index in [4.69, 9.17) is 9.47 Å². The van der Waals surface area contributed by atoms with E-state index in [2.05, 4.69) is 0 Å². The van der Waals surface area contributed by atoms with E-state index in [0.717, 1.165) is 22.6 Å². The number of Topliss-reactive ketones (excluding diaryl/α,β-unsaturated/α-hetero) is 2. The number of ether oxygens (including phenoxy) is 2. The van der Waals surface area contributed by atoms with Crippen LogP contribution in [0.15, 0.2) is 48.5 Å². The number of rotatable bonds is 0. The minimum absolute atomic E-state index is 0.156. The van der Waals surface area contributed by atoms with Crippen LogP contribution in [0.5, 0.6) is 11.5 Å². The SMILES string of the molecule is O=C1COc2ccccc2C1.O=C1COc2ccccc2C1. The Morgan fingerprint density at radius 3 is 1.50 bits per heavy atom. The lowest BCUT2D eigenvalue weighted by Crippen LogP contribution is -2.19. The van der Waals surface area contributed by atoms with Gasteiger partial charge in [0.1, 0.15) is 24.7 Å². The van der Waals surface area contributed by atoms with Gasteiger partial charge in [0.25, 0.3) is 0 Å². The molecular weight excluding hydrogens is 280 g/mol. The molecule has 0 bridgehead atoms. The van der Waals surface area contributed by atoms with Crippen molar-refractivity contribution in [3.63, 3.8) is 0 Å². The molecule has 0 spiro atoms. The molecule has 0 N–H and O–H groups in total. The van der Waals surface area contributed by atoms with Gasteiger partial charge in [0.2, 0.25) is 0 Å². The molecule has 2 aromatic rings. The van der Waals surface area contributed by atoms with Crippen LogP contribution in [0, 0.1) is 0 Å². The number of hydrogen-bond acceptors (Lipinski definition) is 4. The second-order valence-corrected chi connectivity index (χ2v) is 5.22. The van der Waals surface area contributed by atoms with Crippen molar-refractivity contribution < 1.29 is 19.1 Å². The number of carbonyl (C=O) groups is 2. The molecule has 2 aliphatic heterocycles. The number of para-hydroxylation sites is 2. The Hall–Kier alpha value is -2.62. The number of hydrogen-bond donors (Lipinski definition) is 0. The van der Waals surface area contributed by atoms with Crippen molar-refractivity contribution >= 4 is 11.6 Å². The summed E-state index contributed by atoms with van der Waals surface area (Å²) in [6.07, 6.45) is 1.05. The lowest BCUT2D eigenvalue weighted by atomic mass is 10.1. The van der Waals surface area contributed by atoms with E-state index in [1.807, 2.05) is 48.5 Å². The van der Waals surface area contributed by atoms with Crippen molar-refractivity contribution in [2.75, 3.05) is 13.2 Å². The molecule has 0 unspecified atom stereocenters. The molecule has 0 aromatic heterocycles. The van der Waals surface area contributed by atoms with Gasteiger partial charge in [-0.3, -0.25) is 9.59 Å². The van der Waals surface area contributed by atoms with Crippen molar-refractivity contribution in [2.45, 2.75) is 12.8 Å². The summed E-state index contributed by atoms with van der Waals surface area (Å²) in [6, 6.07) is 15.3. The van der Waals surface area contributed by atoms with Crippen LogP contribution in [-0.4, -0.2) is 24.8 Å². The first-order valence-electron chi connectivity index (χ1n) is 7.17. The van der Waals surface area contributed by atoms with Crippen LogP contribution in [0.25, 0.3) is 0 Å². The second-order valence-electron chi connectivity index (χ2n) is 5.22. The van der Waals surface area contributed by atoms with E-state index >= 15 is 0 Å². The van der Waals surface area contributed by atoms with Crippen LogP contribution >= 0.6 is 0 Å². The number of benzene rings is 2. The minimum Gasteiger partial charge on any atom is -0.486 e. The quantitative estimate of drug-likeness (QED) is 0.749. The summed E-state index contributed by atoms with van der Waals surface area (Å²) in [7, 11) is 0. The molecule has 0 atom stereocenters. The van der Waals surface area contributed by atoms with Gasteiger partial charge in [-0.2, -0.15) is 0 Å². The first kappa shape index (κ1) is 14.3. The maximum absolute atomic E-state index is 10.9. The van der Waals surface area contributed by atoms with Gasteiger partial charge in [-0.05, 0) is 12.1 Å². The Morgan fingerprint density at radius 1 is 0.636 bits per heavy atom. The summed E-state index contributed by atoms with van der Waals surface area (Å²) in [6.45, 7) is 0.466. The van der Waals surface area contributed by atoms with Gasteiger partial charge >= 0.3 is 0 Å². The second kappa shape index (κ2) is 6.43. The smallest absolute Gasteiger partial charge is 0.174 e. The minimum atomic E-state index is 0.156. The van der Waals surface area contributed by atoms with E-state index < -0.39 is 0 Å². The van der Waals surface area contributed by atoms with Gasteiger partial charge in [-0.15, -0.1) is 0 Å². The average Bonchev–Trinajstić information content (AvgIpc) is 2.55. The highest BCUT2D eigenvalue weighted by Gasteiger charge is 2.15. The van der Waals surface area contributed by atoms with E-state index in [-0.39, 0.29) is 24.8 Å². The number of ketones is 2. The summed E-state index contributed by atoms with van der Waals surface area (Å²) in [5.41, 5.74) is 2.01. The van der Waals surface area contributed by atoms with Crippen molar-refractivity contribution in [2.24, 2.45) is 0 Å². The monoisotopic (exact) mass is 296 g/mol. The van der Waals surface area contributed by atoms with E-state index in [1.54, 1.807) is 0 Å². The van der Waals surface area contributed by atoms with Crippen LogP contribution < -0.4 is 9.47 Å². The Bertz CT molecular complexity index is 644. The fourth-order valence-electron chi connectivity index (χ4n) is 2.42. The first-order valence-corrected chi connectivity index (χ1v) is 7.17. The van der Waals surface area contributed by atoms with Crippen molar-refractivity contribution in [1.82, 2.24) is 0 Å². The molecule has 4 rings (SSSR count). The zero-order valence-corrected chi connectivity index (χ0v) is 12.1. The van der Waals surface area contributed by atoms with Crippen LogP contribution in [-0.2, 0) is 22.4 Å². The Morgan fingerprint density at radius 2 is 1.05 bits per heavy atom. The first-order chi connectivity index (χ1) is 10.7. The summed E-state index contributed by atoms with van der Waals surface area (Å²) in [5, 5.41) is 0. The molecule has 4 heteroatoms. The molecule has 2 heterocycles. The molecule has 0 saturated carbocycles. The molecule has 112 valence electrons. The molecule has 0 saturated heterocycles. The van der Waals surface area contributed by atoms with E-state index in [9.17, 15) is 9.59 Å². The molecule has 2 aliphatic rings. The van der Waals surface area contributed by atoms with Crippen LogP contribution in [0.2, 0.25) is 0 Å². The van der Waals surface area contributed by atoms with Crippen molar-refractivity contribution in [1.29, 1.82) is 0 Å². The fourth-order valence-corrected chi connectivity index (χ4v) is 2.42. The van der Waals surface area contributed by atoms with Gasteiger partial charge < -0.3 is 9.47 Å². The molecule has 0 radical (unpaired) electrons. The topological polar surface area (TPSA) is 52.6 Å². The van der Waals surface area contributed by atoms with Crippen LogP contribution in [0.1, 0.15) is 11.1 Å². The largest absolute Gasteiger partial charge is 0.486 e. The highest BCUT2D eigenvalue weighted by molar-refractivity contribution is 5.85. The molecule has 22 heavy (non-hydrogen) atoms. The summed E-state index contributed by atoms with van der Waals surface area (Å²) in [4.78, 5) is 21.8. The van der Waals surface area contributed by atoms with Gasteiger partial charge in [-0.25, -0.2) is 0 Å². The maximum atomic E-state index is 10.9. The van der Waals surface area contributed by atoms with Gasteiger partial charge in [0, 0.05) is 24.0 Å². The average molecular weight is 296 g/mol. The molecule has 2 aromatic carbocycles. The highest BCUT2D eigenvalue weighted by Crippen LogP contribution is 2.22. The van der Waals surface area contributed by atoms with Gasteiger partial charge in [-0.1, -0.05) is 36.4 Å². The number of fused-ring (bicyclic) bond motifs is 2. The van der Waals surface area contributed by atoms with Crippen molar-refractivity contribution in [3.8, 4) is 11.5 Å². The zero-order chi connectivity index (χ0) is 15.4. The maximum Gasteiger partial charge on any atom is 0.174 e. The third-order valence-corrected chi connectivity index (χ3v) is 3.50. The third kappa shape index (κ3) is 3.34. The van der Waals surface area contributed by atoms with Gasteiger partial charge in [0.05, 0.1) is 0 Å². The Balaban J connectivity index is 0.000000131.